The van der Waals surface area contributed by atoms with E-state index in [1.54, 1.807) is 41.3 Å². The number of nitrogens with zero attached hydrogens (tertiary/aromatic N) is 3. The molecule has 0 aliphatic carbocycles. The fraction of sp³-hybridized carbons (Fsp3) is 0.378. The summed E-state index contributed by atoms with van der Waals surface area (Å²) in [6.07, 6.45) is 4.40. The van der Waals surface area contributed by atoms with Crippen molar-refractivity contribution in [1.29, 1.82) is 0 Å². The molecule has 3 amide bonds. The fourth-order valence-electron chi connectivity index (χ4n) is 5.48. The quantitative estimate of drug-likeness (QED) is 0.0728. The number of carboxylic acids is 3. The van der Waals surface area contributed by atoms with Crippen LogP contribution in [-0.4, -0.2) is 104 Å². The van der Waals surface area contributed by atoms with Gasteiger partial charge in [0.2, 0.25) is 0 Å². The SMILES string of the molecule is CCCCC(CN(CC(=O)O)CC(=O)O)N(CC(=O)O)Cc1ccc(C(=O)NCc2ccc(C(=O)NNC(=O)C(N)CCc3ccccc3)cc2)cn1. The van der Waals surface area contributed by atoms with Gasteiger partial charge in [-0.1, -0.05) is 62.2 Å². The lowest BCUT2D eigenvalue weighted by Gasteiger charge is -2.33. The third kappa shape index (κ3) is 15.2. The number of benzene rings is 2. The molecule has 8 N–H and O–H groups in total. The molecule has 0 radical (unpaired) electrons. The molecular formula is C37H47N7O9. The summed E-state index contributed by atoms with van der Waals surface area (Å²) in [6.45, 7) is 0.792. The van der Waals surface area contributed by atoms with Crippen LogP contribution in [-0.2, 0) is 38.7 Å². The molecule has 284 valence electrons. The Hall–Kier alpha value is -5.71. The van der Waals surface area contributed by atoms with Crippen molar-refractivity contribution in [2.24, 2.45) is 5.73 Å². The molecule has 16 heteroatoms. The lowest BCUT2D eigenvalue weighted by Crippen LogP contribution is -2.49. The van der Waals surface area contributed by atoms with E-state index in [0.717, 1.165) is 12.0 Å². The van der Waals surface area contributed by atoms with Gasteiger partial charge < -0.3 is 26.4 Å². The Labute approximate surface area is 307 Å². The Morgan fingerprint density at radius 1 is 0.755 bits per heavy atom. The fourth-order valence-corrected chi connectivity index (χ4v) is 5.48. The van der Waals surface area contributed by atoms with Crippen molar-refractivity contribution >= 4 is 35.6 Å². The molecule has 2 unspecified atom stereocenters. The molecule has 0 aliphatic heterocycles. The summed E-state index contributed by atoms with van der Waals surface area (Å²) in [7, 11) is 0. The summed E-state index contributed by atoms with van der Waals surface area (Å²) < 4.78 is 0. The second-order valence-electron chi connectivity index (χ2n) is 12.5. The van der Waals surface area contributed by atoms with Crippen LogP contribution in [0.3, 0.4) is 0 Å². The Morgan fingerprint density at radius 3 is 1.98 bits per heavy atom. The van der Waals surface area contributed by atoms with Gasteiger partial charge in [0.05, 0.1) is 36.9 Å². The van der Waals surface area contributed by atoms with Crippen LogP contribution in [0.5, 0.6) is 0 Å². The predicted octanol–water partition coefficient (Wildman–Crippen LogP) is 1.65. The number of pyridine rings is 1. The number of nitrogens with two attached hydrogens (primary N) is 1. The highest BCUT2D eigenvalue weighted by Gasteiger charge is 2.26. The van der Waals surface area contributed by atoms with Gasteiger partial charge in [-0.3, -0.25) is 54.4 Å². The number of nitrogens with one attached hydrogen (secondary N) is 3. The number of hydrazine groups is 1. The van der Waals surface area contributed by atoms with Crippen LogP contribution in [0.2, 0.25) is 0 Å². The van der Waals surface area contributed by atoms with E-state index in [2.05, 4.69) is 21.2 Å². The van der Waals surface area contributed by atoms with Crippen molar-refractivity contribution in [2.75, 3.05) is 26.2 Å². The molecule has 3 aromatic rings. The number of carboxylic acid groups (broad SMARTS) is 3. The van der Waals surface area contributed by atoms with E-state index in [0.29, 0.717) is 36.9 Å². The normalized spacial score (nSPS) is 12.2. The average molecular weight is 734 g/mol. The van der Waals surface area contributed by atoms with Crippen molar-refractivity contribution in [3.05, 3.63) is 101 Å². The number of amides is 3. The van der Waals surface area contributed by atoms with Crippen LogP contribution in [0.25, 0.3) is 0 Å². The summed E-state index contributed by atoms with van der Waals surface area (Å²) >= 11 is 0. The molecule has 2 atom stereocenters. The van der Waals surface area contributed by atoms with E-state index >= 15 is 0 Å². The van der Waals surface area contributed by atoms with Crippen molar-refractivity contribution in [1.82, 2.24) is 31.0 Å². The number of carbonyl (C=O) groups excluding carboxylic acids is 3. The molecule has 2 aromatic carbocycles. The summed E-state index contributed by atoms with van der Waals surface area (Å²) in [5, 5.41) is 31.0. The lowest BCUT2D eigenvalue weighted by molar-refractivity contribution is -0.144. The molecule has 1 aromatic heterocycles. The van der Waals surface area contributed by atoms with Gasteiger partial charge in [0.15, 0.2) is 0 Å². The zero-order valence-electron chi connectivity index (χ0n) is 29.6. The molecule has 0 spiro atoms. The maximum Gasteiger partial charge on any atom is 0.317 e. The first-order valence-corrected chi connectivity index (χ1v) is 17.2. The number of hydrogen-bond acceptors (Lipinski definition) is 10. The van der Waals surface area contributed by atoms with Gasteiger partial charge in [0.1, 0.15) is 0 Å². The molecule has 0 saturated carbocycles. The second kappa shape index (κ2) is 21.6. The third-order valence-corrected chi connectivity index (χ3v) is 8.28. The molecule has 0 fully saturated rings. The number of aromatic nitrogens is 1. The minimum Gasteiger partial charge on any atom is -0.480 e. The van der Waals surface area contributed by atoms with Crippen LogP contribution in [0.15, 0.2) is 72.9 Å². The average Bonchev–Trinajstić information content (AvgIpc) is 3.13. The number of hydrogen-bond donors (Lipinski definition) is 7. The van der Waals surface area contributed by atoms with Gasteiger partial charge in [-0.25, -0.2) is 0 Å². The number of rotatable bonds is 22. The largest absolute Gasteiger partial charge is 0.480 e. The number of carbonyl (C=O) groups is 6. The summed E-state index contributed by atoms with van der Waals surface area (Å²) in [4.78, 5) is 79.5. The Morgan fingerprint density at radius 2 is 1.40 bits per heavy atom. The molecule has 0 saturated heterocycles. The van der Waals surface area contributed by atoms with Crippen molar-refractivity contribution in [2.45, 2.75) is 64.2 Å². The second-order valence-corrected chi connectivity index (χ2v) is 12.5. The van der Waals surface area contributed by atoms with Crippen LogP contribution in [0, 0.1) is 0 Å². The van der Waals surface area contributed by atoms with Crippen LogP contribution >= 0.6 is 0 Å². The first-order chi connectivity index (χ1) is 25.3. The van der Waals surface area contributed by atoms with Gasteiger partial charge in [-0.2, -0.15) is 0 Å². The van der Waals surface area contributed by atoms with Gasteiger partial charge in [-0.15, -0.1) is 0 Å². The van der Waals surface area contributed by atoms with Crippen LogP contribution in [0.4, 0.5) is 0 Å². The zero-order chi connectivity index (χ0) is 38.8. The minimum atomic E-state index is -1.20. The number of aliphatic carboxylic acids is 3. The van der Waals surface area contributed by atoms with Gasteiger partial charge in [0.25, 0.3) is 17.7 Å². The molecule has 0 bridgehead atoms. The van der Waals surface area contributed by atoms with Crippen molar-refractivity contribution < 1.29 is 44.1 Å². The highest BCUT2D eigenvalue weighted by Crippen LogP contribution is 2.15. The van der Waals surface area contributed by atoms with E-state index in [1.807, 2.05) is 37.3 Å². The van der Waals surface area contributed by atoms with Gasteiger partial charge in [0, 0.05) is 37.4 Å². The highest BCUT2D eigenvalue weighted by molar-refractivity contribution is 5.96. The Kier molecular flexibility index (Phi) is 17.0. The Bertz CT molecular complexity index is 1660. The number of unbranched alkanes of at least 4 members (excludes halogenated alkanes) is 1. The lowest BCUT2D eigenvalue weighted by atomic mass is 10.1. The van der Waals surface area contributed by atoms with E-state index in [1.165, 1.54) is 11.1 Å². The Balaban J connectivity index is 1.53. The van der Waals surface area contributed by atoms with E-state index in [9.17, 15) is 44.1 Å². The maximum absolute atomic E-state index is 12.9. The first-order valence-electron chi connectivity index (χ1n) is 17.2. The minimum absolute atomic E-state index is 0.0267. The van der Waals surface area contributed by atoms with Crippen molar-refractivity contribution in [3.63, 3.8) is 0 Å². The summed E-state index contributed by atoms with van der Waals surface area (Å²) in [5.41, 5.74) is 13.4. The highest BCUT2D eigenvalue weighted by atomic mass is 16.4. The summed E-state index contributed by atoms with van der Waals surface area (Å²) in [6, 6.07) is 17.9. The zero-order valence-corrected chi connectivity index (χ0v) is 29.6. The number of aryl methyl sites for hydroxylation is 1. The smallest absolute Gasteiger partial charge is 0.317 e. The molecule has 1 heterocycles. The van der Waals surface area contributed by atoms with Gasteiger partial charge >= 0.3 is 17.9 Å². The standard InChI is InChI=1S/C37H47N7O9/c1-2-3-9-30(21-43(22-32(45)46)23-33(47)48)44(24-34(49)50)20-29-16-15-28(19-39-29)35(51)40-18-26-10-13-27(14-11-26)36(52)41-42-37(53)31(38)17-12-25-7-5-4-6-8-25/h4-8,10-11,13-16,19,30-31H,2-3,9,12,17-18,20-24,38H2,1H3,(H,40,51)(H,41,52)(H,42,53)(H,45,46)(H,47,48)(H,49,50). The van der Waals surface area contributed by atoms with E-state index in [-0.39, 0.29) is 37.3 Å². The van der Waals surface area contributed by atoms with E-state index < -0.39 is 60.8 Å². The molecule has 0 aliphatic rings. The molecular weight excluding hydrogens is 686 g/mol. The third-order valence-electron chi connectivity index (χ3n) is 8.28. The van der Waals surface area contributed by atoms with E-state index in [4.69, 9.17) is 5.73 Å². The van der Waals surface area contributed by atoms with Crippen molar-refractivity contribution in [3.8, 4) is 0 Å². The predicted molar refractivity (Wildman–Crippen MR) is 193 cm³/mol. The molecule has 16 nitrogen and oxygen atoms in total. The maximum atomic E-state index is 12.9. The topological polar surface area (TPSA) is 245 Å². The van der Waals surface area contributed by atoms with Gasteiger partial charge in [-0.05, 0) is 54.7 Å². The molecule has 3 rings (SSSR count). The monoisotopic (exact) mass is 733 g/mol. The first kappa shape index (κ1) is 41.7. The van der Waals surface area contributed by atoms with Crippen LogP contribution in [0.1, 0.15) is 70.1 Å². The molecule has 53 heavy (non-hydrogen) atoms. The van der Waals surface area contributed by atoms with Crippen LogP contribution < -0.4 is 21.9 Å². The summed E-state index contributed by atoms with van der Waals surface area (Å²) in [5.74, 6) is -4.97.